The van der Waals surface area contributed by atoms with Crippen molar-refractivity contribution in [3.63, 3.8) is 0 Å². The van der Waals surface area contributed by atoms with E-state index in [-0.39, 0.29) is 0 Å². The number of rotatable bonds is 7. The van der Waals surface area contributed by atoms with Crippen LogP contribution in [0.25, 0.3) is 0 Å². The van der Waals surface area contributed by atoms with Gasteiger partial charge in [-0.15, -0.1) is 0 Å². The summed E-state index contributed by atoms with van der Waals surface area (Å²) >= 11 is 0. The topological polar surface area (TPSA) is 0 Å². The van der Waals surface area contributed by atoms with Crippen molar-refractivity contribution in [1.29, 1.82) is 0 Å². The molecular formula is C13H28. The lowest BCUT2D eigenvalue weighted by Crippen LogP contribution is -2.11. The monoisotopic (exact) mass is 184 g/mol. The molecule has 0 aliphatic carbocycles. The van der Waals surface area contributed by atoms with Gasteiger partial charge in [-0.25, -0.2) is 0 Å². The normalized spacial score (nSPS) is 16.2. The van der Waals surface area contributed by atoms with Crippen LogP contribution in [0.4, 0.5) is 0 Å². The van der Waals surface area contributed by atoms with Crippen molar-refractivity contribution >= 4 is 0 Å². The van der Waals surface area contributed by atoms with Crippen molar-refractivity contribution < 1.29 is 0 Å². The fourth-order valence-corrected chi connectivity index (χ4v) is 2.10. The van der Waals surface area contributed by atoms with Gasteiger partial charge in [-0.2, -0.15) is 0 Å². The Morgan fingerprint density at radius 2 is 1.62 bits per heavy atom. The highest BCUT2D eigenvalue weighted by Crippen LogP contribution is 2.25. The molecule has 0 aromatic heterocycles. The third-order valence-corrected chi connectivity index (χ3v) is 3.22. The highest BCUT2D eigenvalue weighted by Gasteiger charge is 2.14. The number of hydrogen-bond donors (Lipinski definition) is 0. The Hall–Kier alpha value is 0. The Balaban J connectivity index is 3.66. The summed E-state index contributed by atoms with van der Waals surface area (Å²) in [5.74, 6) is 2.76. The van der Waals surface area contributed by atoms with Crippen LogP contribution in [0.2, 0.25) is 0 Å². The summed E-state index contributed by atoms with van der Waals surface area (Å²) in [5.41, 5.74) is 0. The van der Waals surface area contributed by atoms with Crippen LogP contribution in [0.5, 0.6) is 0 Å². The average molecular weight is 184 g/mol. The maximum Gasteiger partial charge on any atom is -0.0391 e. The first-order chi connectivity index (χ1) is 6.11. The summed E-state index contributed by atoms with van der Waals surface area (Å²) in [4.78, 5) is 0. The van der Waals surface area contributed by atoms with E-state index in [1.54, 1.807) is 0 Å². The minimum atomic E-state index is 0.870. The first-order valence-electron chi connectivity index (χ1n) is 6.11. The maximum absolute atomic E-state index is 2.42. The van der Waals surface area contributed by atoms with Gasteiger partial charge in [-0.3, -0.25) is 0 Å². The lowest BCUT2D eigenvalue weighted by molar-refractivity contribution is 0.287. The second-order valence-electron chi connectivity index (χ2n) is 4.90. The average Bonchev–Trinajstić information content (AvgIpc) is 2.10. The minimum Gasteiger partial charge on any atom is -0.0654 e. The van der Waals surface area contributed by atoms with Gasteiger partial charge >= 0.3 is 0 Å². The highest BCUT2D eigenvalue weighted by atomic mass is 14.2. The molecule has 0 aromatic carbocycles. The zero-order valence-corrected chi connectivity index (χ0v) is 10.3. The molecular weight excluding hydrogens is 156 g/mol. The zero-order chi connectivity index (χ0) is 10.3. The van der Waals surface area contributed by atoms with Crippen molar-refractivity contribution in [2.75, 3.05) is 0 Å². The molecule has 0 radical (unpaired) electrons. The molecule has 0 aliphatic rings. The summed E-state index contributed by atoms with van der Waals surface area (Å²) in [5, 5.41) is 0. The number of unbranched alkanes of at least 4 members (excludes halogenated alkanes) is 1. The van der Waals surface area contributed by atoms with Crippen molar-refractivity contribution in [3.05, 3.63) is 0 Å². The first kappa shape index (κ1) is 13.0. The fraction of sp³-hybridized carbons (Fsp3) is 1.00. The SMILES string of the molecule is CCCCC(C)CC(CC)C(C)C. The maximum atomic E-state index is 2.42. The van der Waals surface area contributed by atoms with Gasteiger partial charge in [0, 0.05) is 0 Å². The van der Waals surface area contributed by atoms with E-state index in [0.717, 1.165) is 17.8 Å². The molecule has 0 fully saturated rings. The predicted octanol–water partition coefficient (Wildman–Crippen LogP) is 4.89. The molecule has 0 saturated heterocycles. The van der Waals surface area contributed by atoms with Gasteiger partial charge in [0.25, 0.3) is 0 Å². The van der Waals surface area contributed by atoms with Crippen LogP contribution in [-0.2, 0) is 0 Å². The van der Waals surface area contributed by atoms with Crippen LogP contribution in [-0.4, -0.2) is 0 Å². The lowest BCUT2D eigenvalue weighted by Gasteiger charge is -2.22. The molecule has 2 atom stereocenters. The Labute approximate surface area is 85.1 Å². The Kier molecular flexibility index (Phi) is 7.41. The molecule has 2 unspecified atom stereocenters. The molecule has 0 N–H and O–H groups in total. The molecule has 0 heterocycles. The summed E-state index contributed by atoms with van der Waals surface area (Å²) in [6.45, 7) is 11.8. The second-order valence-corrected chi connectivity index (χ2v) is 4.90. The molecule has 0 spiro atoms. The Morgan fingerprint density at radius 3 is 2.00 bits per heavy atom. The minimum absolute atomic E-state index is 0.870. The van der Waals surface area contributed by atoms with Crippen molar-refractivity contribution in [2.24, 2.45) is 17.8 Å². The van der Waals surface area contributed by atoms with E-state index in [1.165, 1.54) is 32.1 Å². The molecule has 80 valence electrons. The van der Waals surface area contributed by atoms with Crippen molar-refractivity contribution in [3.8, 4) is 0 Å². The molecule has 0 heteroatoms. The van der Waals surface area contributed by atoms with Crippen LogP contribution in [0.3, 0.4) is 0 Å². The van der Waals surface area contributed by atoms with Crippen LogP contribution in [0.15, 0.2) is 0 Å². The van der Waals surface area contributed by atoms with Gasteiger partial charge < -0.3 is 0 Å². The first-order valence-corrected chi connectivity index (χ1v) is 6.11. The van der Waals surface area contributed by atoms with Crippen LogP contribution >= 0.6 is 0 Å². The van der Waals surface area contributed by atoms with Crippen LogP contribution in [0, 0.1) is 17.8 Å². The quantitative estimate of drug-likeness (QED) is 0.528. The third-order valence-electron chi connectivity index (χ3n) is 3.22. The summed E-state index contributed by atoms with van der Waals surface area (Å²) in [6, 6.07) is 0. The Bertz CT molecular complexity index is 105. The van der Waals surface area contributed by atoms with E-state index in [2.05, 4.69) is 34.6 Å². The van der Waals surface area contributed by atoms with E-state index in [0.29, 0.717) is 0 Å². The Morgan fingerprint density at radius 1 is 1.00 bits per heavy atom. The molecule has 0 nitrogen and oxygen atoms in total. The zero-order valence-electron chi connectivity index (χ0n) is 10.3. The van der Waals surface area contributed by atoms with Gasteiger partial charge in [-0.1, -0.05) is 60.3 Å². The van der Waals surface area contributed by atoms with Gasteiger partial charge in [0.1, 0.15) is 0 Å². The van der Waals surface area contributed by atoms with Crippen LogP contribution < -0.4 is 0 Å². The van der Waals surface area contributed by atoms with E-state index >= 15 is 0 Å². The smallest absolute Gasteiger partial charge is 0.0391 e. The van der Waals surface area contributed by atoms with Crippen molar-refractivity contribution in [1.82, 2.24) is 0 Å². The molecule has 13 heavy (non-hydrogen) atoms. The molecule has 0 aliphatic heterocycles. The van der Waals surface area contributed by atoms with E-state index in [4.69, 9.17) is 0 Å². The largest absolute Gasteiger partial charge is 0.0654 e. The van der Waals surface area contributed by atoms with Crippen molar-refractivity contribution in [2.45, 2.75) is 66.7 Å². The number of hydrogen-bond acceptors (Lipinski definition) is 0. The standard InChI is InChI=1S/C13H28/c1-6-8-9-12(5)10-13(7-2)11(3)4/h11-13H,6-10H2,1-5H3. The lowest BCUT2D eigenvalue weighted by atomic mass is 9.83. The van der Waals surface area contributed by atoms with Gasteiger partial charge in [0.2, 0.25) is 0 Å². The fourth-order valence-electron chi connectivity index (χ4n) is 2.10. The molecule has 0 bridgehead atoms. The van der Waals surface area contributed by atoms with E-state index in [1.807, 2.05) is 0 Å². The molecule has 0 aromatic rings. The molecule has 0 saturated carbocycles. The van der Waals surface area contributed by atoms with Gasteiger partial charge in [0.15, 0.2) is 0 Å². The molecule has 0 amide bonds. The second kappa shape index (κ2) is 7.41. The van der Waals surface area contributed by atoms with Gasteiger partial charge in [0.05, 0.1) is 0 Å². The highest BCUT2D eigenvalue weighted by molar-refractivity contribution is 4.65. The van der Waals surface area contributed by atoms with E-state index in [9.17, 15) is 0 Å². The van der Waals surface area contributed by atoms with Gasteiger partial charge in [-0.05, 0) is 24.2 Å². The molecule has 0 rings (SSSR count). The van der Waals surface area contributed by atoms with E-state index < -0.39 is 0 Å². The summed E-state index contributed by atoms with van der Waals surface area (Å²) < 4.78 is 0. The summed E-state index contributed by atoms with van der Waals surface area (Å²) in [6.07, 6.45) is 6.99. The predicted molar refractivity (Wildman–Crippen MR) is 61.9 cm³/mol. The summed E-state index contributed by atoms with van der Waals surface area (Å²) in [7, 11) is 0. The third kappa shape index (κ3) is 6.12. The van der Waals surface area contributed by atoms with Crippen LogP contribution in [0.1, 0.15) is 66.7 Å².